The van der Waals surface area contributed by atoms with Crippen molar-refractivity contribution >= 4 is 16.8 Å². The van der Waals surface area contributed by atoms with Gasteiger partial charge in [-0.2, -0.15) is 0 Å². The zero-order chi connectivity index (χ0) is 19.5. The molecule has 0 radical (unpaired) electrons. The lowest BCUT2D eigenvalue weighted by Crippen LogP contribution is -2.26. The van der Waals surface area contributed by atoms with Crippen LogP contribution in [0.5, 0.6) is 17.2 Å². The molecule has 2 heterocycles. The van der Waals surface area contributed by atoms with Gasteiger partial charge in [-0.3, -0.25) is 9.78 Å². The van der Waals surface area contributed by atoms with Crippen LogP contribution in [-0.2, 0) is 6.42 Å². The van der Waals surface area contributed by atoms with Gasteiger partial charge in [0.25, 0.3) is 5.91 Å². The Hall–Kier alpha value is -3.28. The first kappa shape index (κ1) is 18.1. The number of methoxy groups -OCH3 is 1. The molecule has 0 fully saturated rings. The summed E-state index contributed by atoms with van der Waals surface area (Å²) in [6.07, 6.45) is 0.708. The second kappa shape index (κ2) is 7.76. The summed E-state index contributed by atoms with van der Waals surface area (Å²) in [5.74, 6) is 2.16. The second-order valence-corrected chi connectivity index (χ2v) is 6.66. The molecule has 1 amide bonds. The number of benzene rings is 2. The van der Waals surface area contributed by atoms with Crippen molar-refractivity contribution in [3.05, 3.63) is 59.3 Å². The molecule has 0 atom stereocenters. The van der Waals surface area contributed by atoms with Gasteiger partial charge in [-0.25, -0.2) is 0 Å². The fourth-order valence-corrected chi connectivity index (χ4v) is 3.26. The van der Waals surface area contributed by atoms with Crippen LogP contribution in [0.4, 0.5) is 0 Å². The Labute approximate surface area is 163 Å². The predicted octanol–water partition coefficient (Wildman–Crippen LogP) is 3.30. The summed E-state index contributed by atoms with van der Waals surface area (Å²) in [4.78, 5) is 17.2. The van der Waals surface area contributed by atoms with Gasteiger partial charge >= 0.3 is 0 Å². The Morgan fingerprint density at radius 1 is 1.11 bits per heavy atom. The van der Waals surface area contributed by atoms with Gasteiger partial charge in [-0.1, -0.05) is 6.07 Å². The lowest BCUT2D eigenvalue weighted by atomic mass is 10.1. The molecule has 3 aromatic rings. The summed E-state index contributed by atoms with van der Waals surface area (Å²) in [5.41, 5.74) is 3.17. The molecule has 2 aromatic carbocycles. The van der Waals surface area contributed by atoms with E-state index in [-0.39, 0.29) is 5.91 Å². The molecule has 1 N–H and O–H groups in total. The van der Waals surface area contributed by atoms with Crippen molar-refractivity contribution < 1.29 is 19.0 Å². The van der Waals surface area contributed by atoms with Gasteiger partial charge in [0.05, 0.1) is 23.9 Å². The number of rotatable bonds is 5. The maximum Gasteiger partial charge on any atom is 0.253 e. The van der Waals surface area contributed by atoms with E-state index < -0.39 is 0 Å². The molecule has 28 heavy (non-hydrogen) atoms. The van der Waals surface area contributed by atoms with Crippen LogP contribution in [0.2, 0.25) is 0 Å². The predicted molar refractivity (Wildman–Crippen MR) is 107 cm³/mol. The van der Waals surface area contributed by atoms with Crippen LogP contribution < -0.4 is 19.5 Å². The van der Waals surface area contributed by atoms with Crippen molar-refractivity contribution in [1.29, 1.82) is 0 Å². The number of pyridine rings is 1. The van der Waals surface area contributed by atoms with Crippen LogP contribution >= 0.6 is 0 Å². The first-order valence-electron chi connectivity index (χ1n) is 9.26. The molecule has 0 saturated heterocycles. The number of nitrogens with zero attached hydrogens (tertiary/aromatic N) is 1. The molecule has 1 aliphatic heterocycles. The van der Waals surface area contributed by atoms with Crippen molar-refractivity contribution in [2.45, 2.75) is 13.3 Å². The lowest BCUT2D eigenvalue weighted by molar-refractivity contribution is 0.0953. The first-order chi connectivity index (χ1) is 13.6. The van der Waals surface area contributed by atoms with E-state index >= 15 is 0 Å². The average Bonchev–Trinajstić information content (AvgIpc) is 2.72. The molecule has 0 bridgehead atoms. The summed E-state index contributed by atoms with van der Waals surface area (Å²) < 4.78 is 16.4. The van der Waals surface area contributed by atoms with E-state index in [1.54, 1.807) is 7.11 Å². The number of amides is 1. The molecule has 4 rings (SSSR count). The van der Waals surface area contributed by atoms with Crippen molar-refractivity contribution in [3.63, 3.8) is 0 Å². The standard InChI is InChI=1S/C22H22N2O4/c1-14-18(12-16-4-5-17(26-2)13-19(16)24-14)22(25)23-8-7-15-3-6-20-21(11-15)28-10-9-27-20/h3-6,11-13H,7-10H2,1-2H3,(H,23,25). The molecule has 1 aliphatic rings. The van der Waals surface area contributed by atoms with Crippen molar-refractivity contribution in [2.75, 3.05) is 26.9 Å². The Morgan fingerprint density at radius 3 is 2.75 bits per heavy atom. The molecule has 144 valence electrons. The fraction of sp³-hybridized carbons (Fsp3) is 0.273. The van der Waals surface area contributed by atoms with Crippen LogP contribution in [-0.4, -0.2) is 37.8 Å². The van der Waals surface area contributed by atoms with E-state index in [1.807, 2.05) is 49.4 Å². The van der Waals surface area contributed by atoms with E-state index in [4.69, 9.17) is 14.2 Å². The van der Waals surface area contributed by atoms with Crippen molar-refractivity contribution in [1.82, 2.24) is 10.3 Å². The van der Waals surface area contributed by atoms with Crippen molar-refractivity contribution in [3.8, 4) is 17.2 Å². The Bertz CT molecular complexity index is 1030. The first-order valence-corrected chi connectivity index (χ1v) is 9.26. The van der Waals surface area contributed by atoms with Gasteiger partial charge in [0.1, 0.15) is 19.0 Å². The molecule has 0 saturated carbocycles. The Balaban J connectivity index is 1.43. The highest BCUT2D eigenvalue weighted by atomic mass is 16.6. The van der Waals surface area contributed by atoms with Crippen LogP contribution in [0.3, 0.4) is 0 Å². The van der Waals surface area contributed by atoms with E-state index in [0.717, 1.165) is 33.7 Å². The monoisotopic (exact) mass is 378 g/mol. The number of fused-ring (bicyclic) bond motifs is 2. The minimum atomic E-state index is -0.125. The van der Waals surface area contributed by atoms with E-state index in [9.17, 15) is 4.79 Å². The number of hydrogen-bond donors (Lipinski definition) is 1. The van der Waals surface area contributed by atoms with Gasteiger partial charge < -0.3 is 19.5 Å². The average molecular weight is 378 g/mol. The zero-order valence-electron chi connectivity index (χ0n) is 16.0. The summed E-state index contributed by atoms with van der Waals surface area (Å²) in [6, 6.07) is 13.4. The van der Waals surface area contributed by atoms with Gasteiger partial charge in [-0.05, 0) is 49.2 Å². The number of carbonyl (C=O) groups excluding carboxylic acids is 1. The van der Waals surface area contributed by atoms with E-state index in [2.05, 4.69) is 10.3 Å². The molecular weight excluding hydrogens is 356 g/mol. The molecule has 0 spiro atoms. The SMILES string of the molecule is COc1ccc2cc(C(=O)NCCc3ccc4c(c3)OCCO4)c(C)nc2c1. The normalized spacial score (nSPS) is 12.6. The lowest BCUT2D eigenvalue weighted by Gasteiger charge is -2.19. The van der Waals surface area contributed by atoms with Crippen LogP contribution in [0.25, 0.3) is 10.9 Å². The third-order valence-corrected chi connectivity index (χ3v) is 4.77. The summed E-state index contributed by atoms with van der Waals surface area (Å²) in [6.45, 7) is 3.51. The smallest absolute Gasteiger partial charge is 0.253 e. The van der Waals surface area contributed by atoms with Crippen LogP contribution in [0, 0.1) is 6.92 Å². The molecule has 1 aromatic heterocycles. The summed E-state index contributed by atoms with van der Waals surface area (Å²) in [7, 11) is 1.62. The maximum atomic E-state index is 12.6. The highest BCUT2D eigenvalue weighted by Crippen LogP contribution is 2.30. The minimum absolute atomic E-state index is 0.125. The largest absolute Gasteiger partial charge is 0.497 e. The number of nitrogens with one attached hydrogen (secondary N) is 1. The molecular formula is C22H22N2O4. The van der Waals surface area contributed by atoms with E-state index in [1.165, 1.54) is 0 Å². The van der Waals surface area contributed by atoms with Gasteiger partial charge in [0.2, 0.25) is 0 Å². The third kappa shape index (κ3) is 3.71. The van der Waals surface area contributed by atoms with Gasteiger partial charge in [-0.15, -0.1) is 0 Å². The number of aryl methyl sites for hydroxylation is 1. The minimum Gasteiger partial charge on any atom is -0.497 e. The molecule has 6 nitrogen and oxygen atoms in total. The fourth-order valence-electron chi connectivity index (χ4n) is 3.26. The highest BCUT2D eigenvalue weighted by Gasteiger charge is 2.14. The summed E-state index contributed by atoms with van der Waals surface area (Å²) >= 11 is 0. The molecule has 0 unspecified atom stereocenters. The molecule has 6 heteroatoms. The number of hydrogen-bond acceptors (Lipinski definition) is 5. The number of aromatic nitrogens is 1. The Kier molecular flexibility index (Phi) is 5.02. The topological polar surface area (TPSA) is 69.7 Å². The quantitative estimate of drug-likeness (QED) is 0.738. The second-order valence-electron chi connectivity index (χ2n) is 6.66. The van der Waals surface area contributed by atoms with Gasteiger partial charge in [0.15, 0.2) is 11.5 Å². The maximum absolute atomic E-state index is 12.6. The number of carbonyl (C=O) groups is 1. The van der Waals surface area contributed by atoms with E-state index in [0.29, 0.717) is 37.4 Å². The zero-order valence-corrected chi connectivity index (χ0v) is 16.0. The van der Waals surface area contributed by atoms with Crippen LogP contribution in [0.1, 0.15) is 21.6 Å². The molecule has 0 aliphatic carbocycles. The van der Waals surface area contributed by atoms with Gasteiger partial charge in [0, 0.05) is 18.0 Å². The van der Waals surface area contributed by atoms with Crippen LogP contribution in [0.15, 0.2) is 42.5 Å². The number of ether oxygens (including phenoxy) is 3. The third-order valence-electron chi connectivity index (χ3n) is 4.77. The Morgan fingerprint density at radius 2 is 1.93 bits per heavy atom. The van der Waals surface area contributed by atoms with Crippen molar-refractivity contribution in [2.24, 2.45) is 0 Å². The highest BCUT2D eigenvalue weighted by molar-refractivity contribution is 5.98. The summed E-state index contributed by atoms with van der Waals surface area (Å²) in [5, 5.41) is 3.89.